The number of anilines is 1. The Morgan fingerprint density at radius 3 is 2.92 bits per heavy atom. The Morgan fingerprint density at radius 2 is 2.16 bits per heavy atom. The van der Waals surface area contributed by atoms with Gasteiger partial charge in [0.1, 0.15) is 5.75 Å². The number of methoxy groups -OCH3 is 1. The molecule has 3 rings (SSSR count). The molecule has 2 aromatic rings. The standard InChI is InChI=1S/C19H21ClN2O3/c1-22-8-7-12-9-13(3-5-16(12)22)17(23)11-21-19(24)15-10-14(20)4-6-18(15)25-2/h3-6,9-10,17,23H,7-8,11H2,1-2H3,(H,21,24). The normalized spacial score (nSPS) is 14.2. The molecule has 0 aromatic heterocycles. The molecule has 0 saturated heterocycles. The van der Waals surface area contributed by atoms with Crippen molar-refractivity contribution >= 4 is 23.2 Å². The Morgan fingerprint density at radius 1 is 1.36 bits per heavy atom. The third kappa shape index (κ3) is 3.72. The van der Waals surface area contributed by atoms with Crippen molar-refractivity contribution in [3.05, 3.63) is 58.1 Å². The average Bonchev–Trinajstić information content (AvgIpc) is 2.99. The van der Waals surface area contributed by atoms with Gasteiger partial charge >= 0.3 is 0 Å². The third-order valence-electron chi connectivity index (χ3n) is 4.48. The molecule has 2 N–H and O–H groups in total. The van der Waals surface area contributed by atoms with E-state index in [9.17, 15) is 9.90 Å². The highest BCUT2D eigenvalue weighted by Gasteiger charge is 2.19. The summed E-state index contributed by atoms with van der Waals surface area (Å²) < 4.78 is 5.19. The largest absolute Gasteiger partial charge is 0.496 e. The number of aliphatic hydroxyl groups is 1. The molecule has 0 aliphatic carbocycles. The van der Waals surface area contributed by atoms with Gasteiger partial charge in [-0.05, 0) is 41.8 Å². The van der Waals surface area contributed by atoms with Gasteiger partial charge in [0.15, 0.2) is 0 Å². The summed E-state index contributed by atoms with van der Waals surface area (Å²) in [5.74, 6) is 0.108. The van der Waals surface area contributed by atoms with Crippen LogP contribution >= 0.6 is 11.6 Å². The summed E-state index contributed by atoms with van der Waals surface area (Å²) in [6, 6.07) is 10.8. The monoisotopic (exact) mass is 360 g/mol. The van der Waals surface area contributed by atoms with Gasteiger partial charge in [-0.1, -0.05) is 23.7 Å². The molecular weight excluding hydrogens is 340 g/mol. The van der Waals surface area contributed by atoms with Crippen LogP contribution in [0.2, 0.25) is 5.02 Å². The van der Waals surface area contributed by atoms with Crippen molar-refractivity contribution < 1.29 is 14.6 Å². The number of benzene rings is 2. The number of ether oxygens (including phenoxy) is 1. The number of nitrogens with one attached hydrogen (secondary N) is 1. The maximum Gasteiger partial charge on any atom is 0.255 e. The van der Waals surface area contributed by atoms with Crippen molar-refractivity contribution in [3.8, 4) is 5.75 Å². The molecule has 25 heavy (non-hydrogen) atoms. The second-order valence-corrected chi connectivity index (χ2v) is 6.57. The number of carbonyl (C=O) groups excluding carboxylic acids is 1. The highest BCUT2D eigenvalue weighted by atomic mass is 35.5. The van der Waals surface area contributed by atoms with Gasteiger partial charge in [0.05, 0.1) is 18.8 Å². The van der Waals surface area contributed by atoms with Crippen LogP contribution < -0.4 is 15.0 Å². The molecule has 1 heterocycles. The lowest BCUT2D eigenvalue weighted by Gasteiger charge is -2.16. The molecule has 0 spiro atoms. The number of likely N-dealkylation sites (N-methyl/N-ethyl adjacent to an activating group) is 1. The minimum absolute atomic E-state index is 0.114. The molecule has 2 aromatic carbocycles. The molecule has 1 aliphatic heterocycles. The Labute approximate surface area is 152 Å². The lowest BCUT2D eigenvalue weighted by Crippen LogP contribution is -2.28. The van der Waals surface area contributed by atoms with E-state index in [1.54, 1.807) is 18.2 Å². The molecule has 6 heteroatoms. The summed E-state index contributed by atoms with van der Waals surface area (Å²) in [7, 11) is 3.55. The van der Waals surface area contributed by atoms with E-state index in [-0.39, 0.29) is 12.5 Å². The highest BCUT2D eigenvalue weighted by Crippen LogP contribution is 2.29. The van der Waals surface area contributed by atoms with Crippen LogP contribution in [0.3, 0.4) is 0 Å². The number of rotatable bonds is 5. The quantitative estimate of drug-likeness (QED) is 0.860. The number of hydrogen-bond donors (Lipinski definition) is 2. The highest BCUT2D eigenvalue weighted by molar-refractivity contribution is 6.31. The van der Waals surface area contributed by atoms with Crippen LogP contribution in [0.1, 0.15) is 27.6 Å². The van der Waals surface area contributed by atoms with E-state index in [0.717, 1.165) is 18.5 Å². The molecule has 1 amide bonds. The lowest BCUT2D eigenvalue weighted by molar-refractivity contribution is 0.0913. The van der Waals surface area contributed by atoms with Gasteiger partial charge in [0.2, 0.25) is 0 Å². The van der Waals surface area contributed by atoms with Crippen molar-refractivity contribution in [1.29, 1.82) is 0 Å². The Balaban J connectivity index is 1.67. The fourth-order valence-corrected chi connectivity index (χ4v) is 3.23. The Bertz CT molecular complexity index is 794. The van der Waals surface area contributed by atoms with Gasteiger partial charge in [0, 0.05) is 30.8 Å². The first kappa shape index (κ1) is 17.6. The van der Waals surface area contributed by atoms with Gasteiger partial charge in [-0.2, -0.15) is 0 Å². The predicted molar refractivity (Wildman–Crippen MR) is 98.7 cm³/mol. The first-order chi connectivity index (χ1) is 12.0. The number of fused-ring (bicyclic) bond motifs is 1. The van der Waals surface area contributed by atoms with Crippen LogP contribution in [0.15, 0.2) is 36.4 Å². The van der Waals surface area contributed by atoms with Crippen LogP contribution in [-0.2, 0) is 6.42 Å². The lowest BCUT2D eigenvalue weighted by atomic mass is 10.0. The summed E-state index contributed by atoms with van der Waals surface area (Å²) in [6.45, 7) is 1.10. The SMILES string of the molecule is COc1ccc(Cl)cc1C(=O)NCC(O)c1ccc2c(c1)CCN2C. The van der Waals surface area contributed by atoms with E-state index in [1.165, 1.54) is 18.4 Å². The molecule has 1 aliphatic rings. The van der Waals surface area contributed by atoms with Crippen LogP contribution in [0.25, 0.3) is 0 Å². The number of hydrogen-bond acceptors (Lipinski definition) is 4. The van der Waals surface area contributed by atoms with E-state index in [2.05, 4.69) is 17.3 Å². The van der Waals surface area contributed by atoms with E-state index in [4.69, 9.17) is 16.3 Å². The smallest absolute Gasteiger partial charge is 0.255 e. The molecular formula is C19H21ClN2O3. The van der Waals surface area contributed by atoms with E-state index in [0.29, 0.717) is 16.3 Å². The summed E-state index contributed by atoms with van der Waals surface area (Å²) in [5, 5.41) is 13.6. The third-order valence-corrected chi connectivity index (χ3v) is 4.71. The van der Waals surface area contributed by atoms with Crippen LogP contribution in [0.4, 0.5) is 5.69 Å². The van der Waals surface area contributed by atoms with E-state index in [1.807, 2.05) is 18.2 Å². The van der Waals surface area contributed by atoms with Crippen LogP contribution in [-0.4, -0.2) is 38.3 Å². The fraction of sp³-hybridized carbons (Fsp3) is 0.316. The van der Waals surface area contributed by atoms with Crippen molar-refractivity contribution in [1.82, 2.24) is 5.32 Å². The van der Waals surface area contributed by atoms with Crippen molar-refractivity contribution in [2.24, 2.45) is 0 Å². The maximum atomic E-state index is 12.4. The first-order valence-electron chi connectivity index (χ1n) is 8.13. The zero-order chi connectivity index (χ0) is 18.0. The van der Waals surface area contributed by atoms with Crippen molar-refractivity contribution in [3.63, 3.8) is 0 Å². The average molecular weight is 361 g/mol. The molecule has 0 saturated carbocycles. The van der Waals surface area contributed by atoms with E-state index < -0.39 is 6.10 Å². The van der Waals surface area contributed by atoms with Gasteiger partial charge in [-0.15, -0.1) is 0 Å². The van der Waals surface area contributed by atoms with Gasteiger partial charge in [-0.3, -0.25) is 4.79 Å². The minimum atomic E-state index is -0.773. The van der Waals surface area contributed by atoms with Crippen LogP contribution in [0.5, 0.6) is 5.75 Å². The number of amides is 1. The molecule has 5 nitrogen and oxygen atoms in total. The molecule has 1 atom stereocenters. The summed E-state index contributed by atoms with van der Waals surface area (Å²) in [6.07, 6.45) is 0.198. The van der Waals surface area contributed by atoms with Crippen molar-refractivity contribution in [2.75, 3.05) is 32.1 Å². The number of halogens is 1. The second-order valence-electron chi connectivity index (χ2n) is 6.13. The van der Waals surface area contributed by atoms with Gasteiger partial charge in [-0.25, -0.2) is 0 Å². The van der Waals surface area contributed by atoms with Crippen LogP contribution in [0, 0.1) is 0 Å². The van der Waals surface area contributed by atoms with E-state index >= 15 is 0 Å². The minimum Gasteiger partial charge on any atom is -0.496 e. The zero-order valence-electron chi connectivity index (χ0n) is 14.3. The number of aliphatic hydroxyl groups excluding tert-OH is 1. The van der Waals surface area contributed by atoms with Crippen molar-refractivity contribution in [2.45, 2.75) is 12.5 Å². The molecule has 0 bridgehead atoms. The predicted octanol–water partition coefficient (Wildman–Crippen LogP) is 2.80. The molecule has 132 valence electrons. The van der Waals surface area contributed by atoms with Gasteiger partial charge < -0.3 is 20.1 Å². The van der Waals surface area contributed by atoms with Gasteiger partial charge in [0.25, 0.3) is 5.91 Å². The number of carbonyl (C=O) groups is 1. The topological polar surface area (TPSA) is 61.8 Å². The fourth-order valence-electron chi connectivity index (χ4n) is 3.05. The maximum absolute atomic E-state index is 12.4. The first-order valence-corrected chi connectivity index (χ1v) is 8.51. The Hall–Kier alpha value is -2.24. The molecule has 0 radical (unpaired) electrons. The Kier molecular flexibility index (Phi) is 5.16. The zero-order valence-corrected chi connectivity index (χ0v) is 15.0. The summed E-state index contributed by atoms with van der Waals surface area (Å²) in [5.41, 5.74) is 3.57. The summed E-state index contributed by atoms with van der Waals surface area (Å²) >= 11 is 5.95. The molecule has 0 fully saturated rings. The second kappa shape index (κ2) is 7.33. The molecule has 1 unspecified atom stereocenters. The summed E-state index contributed by atoms with van der Waals surface area (Å²) in [4.78, 5) is 14.6. The number of nitrogens with zero attached hydrogens (tertiary/aromatic N) is 1.